The molecule has 2 aromatic heterocycles. The molecule has 164 valence electrons. The van der Waals surface area contributed by atoms with Crippen molar-refractivity contribution < 1.29 is 26.9 Å². The summed E-state index contributed by atoms with van der Waals surface area (Å²) in [5.41, 5.74) is -0.202. The summed E-state index contributed by atoms with van der Waals surface area (Å²) in [5, 5.41) is 3.84. The van der Waals surface area contributed by atoms with Gasteiger partial charge in [0.15, 0.2) is 11.6 Å². The summed E-state index contributed by atoms with van der Waals surface area (Å²) in [6, 6.07) is 1.52. The van der Waals surface area contributed by atoms with E-state index in [1.807, 2.05) is 0 Å². The molecule has 0 bridgehead atoms. The molecule has 1 fully saturated rings. The van der Waals surface area contributed by atoms with Crippen molar-refractivity contribution in [3.05, 3.63) is 35.2 Å². The molecular weight excluding hydrogens is 413 g/mol. The summed E-state index contributed by atoms with van der Waals surface area (Å²) >= 11 is 0. The highest BCUT2D eigenvalue weighted by Gasteiger charge is 2.38. The zero-order chi connectivity index (χ0) is 22.1. The van der Waals surface area contributed by atoms with Crippen LogP contribution in [0.4, 0.5) is 4.39 Å². The SMILES string of the molecule is Cc1nc(C(C)(CC(=O)c2cc(OC(C)CF)c(C3CC3)cn2)CS(C)(=O)=O)no1. The third-order valence-electron chi connectivity index (χ3n) is 4.94. The summed E-state index contributed by atoms with van der Waals surface area (Å²) in [4.78, 5) is 21.5. The number of nitrogens with zero attached hydrogens (tertiary/aromatic N) is 3. The first-order valence-corrected chi connectivity index (χ1v) is 11.8. The molecule has 1 aliphatic carbocycles. The van der Waals surface area contributed by atoms with E-state index < -0.39 is 28.0 Å². The minimum atomic E-state index is -3.45. The fourth-order valence-electron chi connectivity index (χ4n) is 3.41. The Hall–Kier alpha value is -2.36. The van der Waals surface area contributed by atoms with Crippen molar-refractivity contribution in [3.63, 3.8) is 0 Å². The van der Waals surface area contributed by atoms with E-state index in [2.05, 4.69) is 15.1 Å². The average molecular weight is 440 g/mol. The van der Waals surface area contributed by atoms with Crippen LogP contribution in [0.3, 0.4) is 0 Å². The van der Waals surface area contributed by atoms with Crippen molar-refractivity contribution in [1.82, 2.24) is 15.1 Å². The number of ether oxygens (including phenoxy) is 1. The summed E-state index contributed by atoms with van der Waals surface area (Å²) in [6.07, 6.45) is 3.85. The number of sulfone groups is 1. The van der Waals surface area contributed by atoms with Crippen LogP contribution in [0.25, 0.3) is 0 Å². The second-order valence-corrected chi connectivity index (χ2v) is 10.5. The van der Waals surface area contributed by atoms with Crippen LogP contribution in [0.1, 0.15) is 66.8 Å². The third-order valence-corrected chi connectivity index (χ3v) is 6.10. The molecule has 3 rings (SSSR count). The van der Waals surface area contributed by atoms with E-state index >= 15 is 0 Å². The van der Waals surface area contributed by atoms with Crippen molar-refractivity contribution in [2.75, 3.05) is 18.7 Å². The van der Waals surface area contributed by atoms with Gasteiger partial charge in [-0.3, -0.25) is 9.78 Å². The average Bonchev–Trinajstić information content (AvgIpc) is 3.39. The highest BCUT2D eigenvalue weighted by molar-refractivity contribution is 7.90. The second-order valence-electron chi connectivity index (χ2n) is 8.33. The predicted molar refractivity (Wildman–Crippen MR) is 107 cm³/mol. The van der Waals surface area contributed by atoms with E-state index in [4.69, 9.17) is 9.26 Å². The highest BCUT2D eigenvalue weighted by Crippen LogP contribution is 2.44. The monoisotopic (exact) mass is 439 g/mol. The Bertz CT molecular complexity index is 1030. The zero-order valence-electron chi connectivity index (χ0n) is 17.5. The lowest BCUT2D eigenvalue weighted by atomic mass is 9.85. The van der Waals surface area contributed by atoms with Crippen molar-refractivity contribution in [2.45, 2.75) is 57.5 Å². The molecule has 30 heavy (non-hydrogen) atoms. The molecule has 0 radical (unpaired) electrons. The number of carbonyl (C=O) groups excluding carboxylic acids is 1. The molecule has 0 aliphatic heterocycles. The Morgan fingerprint density at radius 1 is 1.43 bits per heavy atom. The number of hydrogen-bond acceptors (Lipinski definition) is 8. The molecule has 2 heterocycles. The van der Waals surface area contributed by atoms with E-state index in [9.17, 15) is 17.6 Å². The van der Waals surface area contributed by atoms with Crippen molar-refractivity contribution >= 4 is 15.6 Å². The molecule has 0 saturated heterocycles. The standard InChI is InChI=1S/C20H26FN3O5S/c1-12(9-21)28-18-7-16(22-10-15(18)14-5-6-14)17(25)8-20(3,11-30(4,26)27)19-23-13(2)29-24-19/h7,10,12,14H,5-6,8-9,11H2,1-4H3. The van der Waals surface area contributed by atoms with Crippen LogP contribution in [0.5, 0.6) is 5.75 Å². The molecule has 2 atom stereocenters. The van der Waals surface area contributed by atoms with Gasteiger partial charge in [0, 0.05) is 37.4 Å². The Morgan fingerprint density at radius 3 is 2.67 bits per heavy atom. The van der Waals surface area contributed by atoms with Gasteiger partial charge in [0.2, 0.25) is 5.89 Å². The van der Waals surface area contributed by atoms with Gasteiger partial charge in [0.05, 0.1) is 11.2 Å². The molecule has 8 nitrogen and oxygen atoms in total. The number of rotatable bonds is 10. The van der Waals surface area contributed by atoms with Gasteiger partial charge in [-0.05, 0) is 25.7 Å². The van der Waals surface area contributed by atoms with E-state index in [0.717, 1.165) is 24.7 Å². The predicted octanol–water partition coefficient (Wildman–Crippen LogP) is 2.96. The van der Waals surface area contributed by atoms with Gasteiger partial charge in [-0.15, -0.1) is 0 Å². The fraction of sp³-hybridized carbons (Fsp3) is 0.600. The van der Waals surface area contributed by atoms with Crippen LogP contribution in [0.2, 0.25) is 0 Å². The smallest absolute Gasteiger partial charge is 0.223 e. The fourth-order valence-corrected chi connectivity index (χ4v) is 4.80. The lowest BCUT2D eigenvalue weighted by Crippen LogP contribution is -2.35. The highest BCUT2D eigenvalue weighted by atomic mass is 32.2. The first-order valence-electron chi connectivity index (χ1n) is 9.75. The maximum atomic E-state index is 13.1. The van der Waals surface area contributed by atoms with Crippen LogP contribution >= 0.6 is 0 Å². The summed E-state index contributed by atoms with van der Waals surface area (Å²) in [7, 11) is -3.45. The number of ketones is 1. The largest absolute Gasteiger partial charge is 0.488 e. The summed E-state index contributed by atoms with van der Waals surface area (Å²) in [6.45, 7) is 4.16. The Labute approximate surface area is 175 Å². The van der Waals surface area contributed by atoms with Gasteiger partial charge in [0.1, 0.15) is 34.1 Å². The number of hydrogen-bond donors (Lipinski definition) is 0. The number of carbonyl (C=O) groups is 1. The summed E-state index contributed by atoms with van der Waals surface area (Å²) in [5.74, 6) is 0.467. The topological polar surface area (TPSA) is 112 Å². The van der Waals surface area contributed by atoms with Crippen LogP contribution in [0, 0.1) is 6.92 Å². The molecule has 2 aromatic rings. The van der Waals surface area contributed by atoms with E-state index in [1.165, 1.54) is 6.07 Å². The summed E-state index contributed by atoms with van der Waals surface area (Å²) < 4.78 is 47.7. The van der Waals surface area contributed by atoms with Gasteiger partial charge in [-0.2, -0.15) is 4.98 Å². The van der Waals surface area contributed by atoms with Crippen LogP contribution in [-0.2, 0) is 15.3 Å². The van der Waals surface area contributed by atoms with Crippen LogP contribution in [0.15, 0.2) is 16.8 Å². The van der Waals surface area contributed by atoms with Gasteiger partial charge < -0.3 is 9.26 Å². The zero-order valence-corrected chi connectivity index (χ0v) is 18.3. The van der Waals surface area contributed by atoms with Crippen molar-refractivity contribution in [1.29, 1.82) is 0 Å². The molecule has 0 aromatic carbocycles. The number of halogens is 1. The molecule has 0 amide bonds. The van der Waals surface area contributed by atoms with Gasteiger partial charge in [-0.1, -0.05) is 12.1 Å². The Kier molecular flexibility index (Phi) is 6.26. The van der Waals surface area contributed by atoms with Gasteiger partial charge in [0.25, 0.3) is 0 Å². The quantitative estimate of drug-likeness (QED) is 0.519. The van der Waals surface area contributed by atoms with Gasteiger partial charge in [-0.25, -0.2) is 12.8 Å². The normalized spacial score (nSPS) is 17.4. The number of aromatic nitrogens is 3. The maximum absolute atomic E-state index is 13.1. The Morgan fingerprint density at radius 2 is 2.13 bits per heavy atom. The van der Waals surface area contributed by atoms with Gasteiger partial charge >= 0.3 is 0 Å². The van der Waals surface area contributed by atoms with E-state index in [0.29, 0.717) is 11.7 Å². The van der Waals surface area contributed by atoms with Crippen LogP contribution < -0.4 is 4.74 Å². The molecule has 2 unspecified atom stereocenters. The molecule has 0 spiro atoms. The number of aryl methyl sites for hydroxylation is 1. The minimum Gasteiger partial charge on any atom is -0.488 e. The van der Waals surface area contributed by atoms with Crippen LogP contribution in [-0.4, -0.2) is 54.1 Å². The van der Waals surface area contributed by atoms with Crippen molar-refractivity contribution in [3.8, 4) is 5.75 Å². The lowest BCUT2D eigenvalue weighted by Gasteiger charge is -2.24. The molecule has 10 heteroatoms. The number of alkyl halides is 1. The molecule has 0 N–H and O–H groups in total. The third kappa shape index (κ3) is 5.41. The lowest BCUT2D eigenvalue weighted by molar-refractivity contribution is 0.0950. The van der Waals surface area contributed by atoms with E-state index in [-0.39, 0.29) is 35.4 Å². The maximum Gasteiger partial charge on any atom is 0.223 e. The number of Topliss-reactive ketones (excluding diaryl/α,β-unsaturated/α-hetero) is 1. The first-order chi connectivity index (χ1) is 14.0. The Balaban J connectivity index is 1.91. The van der Waals surface area contributed by atoms with Crippen molar-refractivity contribution in [2.24, 2.45) is 0 Å². The number of pyridine rings is 1. The molecule has 1 saturated carbocycles. The minimum absolute atomic E-state index is 0.125. The second kappa shape index (κ2) is 8.41. The molecular formula is C20H26FN3O5S. The molecule has 1 aliphatic rings. The van der Waals surface area contributed by atoms with E-state index in [1.54, 1.807) is 27.0 Å². The first kappa shape index (κ1) is 22.3.